The Hall–Kier alpha value is -3.09. The highest BCUT2D eigenvalue weighted by molar-refractivity contribution is 5.83. The Morgan fingerprint density at radius 1 is 1.04 bits per heavy atom. The molecule has 2 N–H and O–H groups in total. The normalized spacial score (nSPS) is 14.5. The number of nitrogens with zero attached hydrogens (tertiary/aromatic N) is 2. The lowest BCUT2D eigenvalue weighted by Gasteiger charge is -2.36. The summed E-state index contributed by atoms with van der Waals surface area (Å²) >= 11 is 0. The van der Waals surface area contributed by atoms with Crippen LogP contribution in [0.1, 0.15) is 5.56 Å². The van der Waals surface area contributed by atoms with E-state index in [9.17, 15) is 13.6 Å². The number of urea groups is 1. The van der Waals surface area contributed by atoms with Gasteiger partial charge in [0.05, 0.1) is 0 Å². The van der Waals surface area contributed by atoms with Gasteiger partial charge in [0.25, 0.3) is 0 Å². The third kappa shape index (κ3) is 3.78. The van der Waals surface area contributed by atoms with Gasteiger partial charge in [0.15, 0.2) is 11.6 Å². The number of aromatic nitrogens is 1. The molecular formula is C21H22F2N4O. The maximum atomic E-state index is 13.4. The van der Waals surface area contributed by atoms with Gasteiger partial charge >= 0.3 is 6.03 Å². The van der Waals surface area contributed by atoms with E-state index in [0.717, 1.165) is 18.0 Å². The van der Waals surface area contributed by atoms with Crippen LogP contribution in [-0.2, 0) is 6.42 Å². The molecular weight excluding hydrogens is 362 g/mol. The van der Waals surface area contributed by atoms with Crippen molar-refractivity contribution in [2.24, 2.45) is 0 Å². The van der Waals surface area contributed by atoms with Crippen LogP contribution in [-0.4, -0.2) is 48.6 Å². The minimum absolute atomic E-state index is 0.0928. The second-order valence-electron chi connectivity index (χ2n) is 6.91. The van der Waals surface area contributed by atoms with Gasteiger partial charge in [-0.25, -0.2) is 13.6 Å². The van der Waals surface area contributed by atoms with Crippen molar-refractivity contribution in [1.29, 1.82) is 0 Å². The summed E-state index contributed by atoms with van der Waals surface area (Å²) in [5.41, 5.74) is 2.91. The van der Waals surface area contributed by atoms with Gasteiger partial charge in [0, 0.05) is 61.6 Å². The van der Waals surface area contributed by atoms with Gasteiger partial charge < -0.3 is 20.1 Å². The summed E-state index contributed by atoms with van der Waals surface area (Å²) in [5.74, 6) is -1.70. The molecule has 1 aromatic heterocycles. The van der Waals surface area contributed by atoms with Crippen molar-refractivity contribution < 1.29 is 13.6 Å². The van der Waals surface area contributed by atoms with Crippen LogP contribution in [0.3, 0.4) is 0 Å². The van der Waals surface area contributed by atoms with Crippen LogP contribution in [0.5, 0.6) is 0 Å². The fourth-order valence-electron chi connectivity index (χ4n) is 3.60. The van der Waals surface area contributed by atoms with Crippen molar-refractivity contribution in [1.82, 2.24) is 15.2 Å². The number of fused-ring (bicyclic) bond motifs is 1. The molecule has 1 aliphatic heterocycles. The third-order valence-corrected chi connectivity index (χ3v) is 5.18. The molecule has 2 aromatic carbocycles. The highest BCUT2D eigenvalue weighted by Gasteiger charge is 2.21. The Morgan fingerprint density at radius 3 is 2.61 bits per heavy atom. The number of H-pyrrole nitrogens is 1. The molecule has 2 heterocycles. The first-order chi connectivity index (χ1) is 13.6. The Labute approximate surface area is 161 Å². The van der Waals surface area contributed by atoms with Gasteiger partial charge in [-0.3, -0.25) is 0 Å². The first-order valence-electron chi connectivity index (χ1n) is 9.39. The minimum Gasteiger partial charge on any atom is -0.368 e. The molecule has 146 valence electrons. The molecule has 0 unspecified atom stereocenters. The van der Waals surface area contributed by atoms with Crippen molar-refractivity contribution >= 4 is 22.6 Å². The Balaban J connectivity index is 1.26. The van der Waals surface area contributed by atoms with E-state index in [0.29, 0.717) is 38.4 Å². The van der Waals surface area contributed by atoms with Gasteiger partial charge in [-0.2, -0.15) is 0 Å². The van der Waals surface area contributed by atoms with Gasteiger partial charge in [-0.1, -0.05) is 18.2 Å². The van der Waals surface area contributed by atoms with Crippen LogP contribution in [0.15, 0.2) is 48.7 Å². The average molecular weight is 384 g/mol. The number of anilines is 1. The molecule has 0 spiro atoms. The standard InChI is InChI=1S/C21H22F2N4O/c22-18-6-5-16(13-19(18)23)26-9-11-27(12-10-26)21(28)24-8-7-15-14-25-20-4-2-1-3-17(15)20/h1-6,13-14,25H,7-12H2,(H,24,28). The van der Waals surface area contributed by atoms with Gasteiger partial charge in [0.1, 0.15) is 0 Å². The summed E-state index contributed by atoms with van der Waals surface area (Å²) < 4.78 is 26.5. The zero-order chi connectivity index (χ0) is 19.5. The predicted molar refractivity (Wildman–Crippen MR) is 106 cm³/mol. The largest absolute Gasteiger partial charge is 0.368 e. The number of halogens is 2. The molecule has 2 amide bonds. The molecule has 1 fully saturated rings. The van der Waals surface area contributed by atoms with Crippen LogP contribution >= 0.6 is 0 Å². The van der Waals surface area contributed by atoms with Crippen molar-refractivity contribution in [3.05, 3.63) is 65.9 Å². The predicted octanol–water partition coefficient (Wildman–Crippen LogP) is 3.52. The Kier molecular flexibility index (Phi) is 5.14. The van der Waals surface area contributed by atoms with Crippen molar-refractivity contribution in [3.8, 4) is 0 Å². The molecule has 1 saturated heterocycles. The maximum Gasteiger partial charge on any atom is 0.317 e. The number of carbonyl (C=O) groups excluding carboxylic acids is 1. The van der Waals surface area contributed by atoms with E-state index in [4.69, 9.17) is 0 Å². The first kappa shape index (κ1) is 18.3. The molecule has 0 atom stereocenters. The SMILES string of the molecule is O=C(NCCc1c[nH]c2ccccc12)N1CCN(c2ccc(F)c(F)c2)CC1. The second-order valence-corrected chi connectivity index (χ2v) is 6.91. The molecule has 7 heteroatoms. The van der Waals surface area contributed by atoms with Crippen molar-refractivity contribution in [2.75, 3.05) is 37.6 Å². The van der Waals surface area contributed by atoms with Gasteiger partial charge in [-0.05, 0) is 30.2 Å². The quantitative estimate of drug-likeness (QED) is 0.723. The first-order valence-corrected chi connectivity index (χ1v) is 9.39. The van der Waals surface area contributed by atoms with E-state index in [1.165, 1.54) is 17.0 Å². The van der Waals surface area contributed by atoms with E-state index in [1.54, 1.807) is 11.0 Å². The van der Waals surface area contributed by atoms with E-state index in [2.05, 4.69) is 16.4 Å². The molecule has 0 aliphatic carbocycles. The molecule has 3 aromatic rings. The number of hydrogen-bond acceptors (Lipinski definition) is 2. The summed E-state index contributed by atoms with van der Waals surface area (Å²) in [7, 11) is 0. The van der Waals surface area contributed by atoms with Crippen LogP contribution in [0.4, 0.5) is 19.3 Å². The molecule has 28 heavy (non-hydrogen) atoms. The number of benzene rings is 2. The van der Waals surface area contributed by atoms with E-state index >= 15 is 0 Å². The summed E-state index contributed by atoms with van der Waals surface area (Å²) in [5, 5.41) is 4.15. The Bertz CT molecular complexity index is 979. The fraction of sp³-hybridized carbons (Fsp3) is 0.286. The summed E-state index contributed by atoms with van der Waals surface area (Å²) in [4.78, 5) is 19.4. The Morgan fingerprint density at radius 2 is 1.82 bits per heavy atom. The lowest BCUT2D eigenvalue weighted by molar-refractivity contribution is 0.194. The number of amides is 2. The number of para-hydroxylation sites is 1. The van der Waals surface area contributed by atoms with Crippen LogP contribution in [0.2, 0.25) is 0 Å². The number of hydrogen-bond donors (Lipinski definition) is 2. The van der Waals surface area contributed by atoms with Crippen LogP contribution < -0.4 is 10.2 Å². The molecule has 0 saturated carbocycles. The van der Waals surface area contributed by atoms with Crippen molar-refractivity contribution in [2.45, 2.75) is 6.42 Å². The lowest BCUT2D eigenvalue weighted by Crippen LogP contribution is -2.52. The molecule has 4 rings (SSSR count). The van der Waals surface area contributed by atoms with Gasteiger partial charge in [0.2, 0.25) is 0 Å². The average Bonchev–Trinajstić information content (AvgIpc) is 3.13. The highest BCUT2D eigenvalue weighted by atomic mass is 19.2. The second kappa shape index (κ2) is 7.88. The van der Waals surface area contributed by atoms with Crippen LogP contribution in [0, 0.1) is 11.6 Å². The lowest BCUT2D eigenvalue weighted by atomic mass is 10.1. The highest BCUT2D eigenvalue weighted by Crippen LogP contribution is 2.20. The number of carbonyl (C=O) groups is 1. The zero-order valence-corrected chi connectivity index (χ0v) is 15.4. The monoisotopic (exact) mass is 384 g/mol. The van der Waals surface area contributed by atoms with E-state index < -0.39 is 11.6 Å². The molecule has 5 nitrogen and oxygen atoms in total. The molecule has 0 radical (unpaired) electrons. The summed E-state index contributed by atoms with van der Waals surface area (Å²) in [6.07, 6.45) is 2.74. The summed E-state index contributed by atoms with van der Waals surface area (Å²) in [6.45, 7) is 2.81. The van der Waals surface area contributed by atoms with E-state index in [1.807, 2.05) is 29.3 Å². The summed E-state index contributed by atoms with van der Waals surface area (Å²) in [6, 6.07) is 11.9. The number of aromatic amines is 1. The van der Waals surface area contributed by atoms with Crippen LogP contribution in [0.25, 0.3) is 10.9 Å². The number of rotatable bonds is 4. The van der Waals surface area contributed by atoms with E-state index in [-0.39, 0.29) is 6.03 Å². The molecule has 0 bridgehead atoms. The number of piperazine rings is 1. The maximum absolute atomic E-state index is 13.4. The third-order valence-electron chi connectivity index (χ3n) is 5.18. The zero-order valence-electron chi connectivity index (χ0n) is 15.4. The fourth-order valence-corrected chi connectivity index (χ4v) is 3.60. The minimum atomic E-state index is -0.852. The molecule has 1 aliphatic rings. The van der Waals surface area contributed by atoms with Gasteiger partial charge in [-0.15, -0.1) is 0 Å². The number of nitrogens with one attached hydrogen (secondary N) is 2. The van der Waals surface area contributed by atoms with Crippen molar-refractivity contribution in [3.63, 3.8) is 0 Å². The topological polar surface area (TPSA) is 51.4 Å². The smallest absolute Gasteiger partial charge is 0.317 e.